The van der Waals surface area contributed by atoms with Crippen molar-refractivity contribution in [2.45, 2.75) is 50.6 Å². The molecule has 48 heavy (non-hydrogen) atoms. The van der Waals surface area contributed by atoms with Crippen molar-refractivity contribution in [1.82, 2.24) is 10.2 Å². The summed E-state index contributed by atoms with van der Waals surface area (Å²) < 4.78 is 48.7. The third-order valence-corrected chi connectivity index (χ3v) is 9.95. The summed E-state index contributed by atoms with van der Waals surface area (Å²) in [6, 6.07) is 23.6. The molecule has 1 atom stereocenters. The molecule has 0 fully saturated rings. The number of nitrogens with one attached hydrogen (secondary N) is 1. The fourth-order valence-corrected chi connectivity index (χ4v) is 6.91. The highest BCUT2D eigenvalue weighted by atomic mass is 35.5. The van der Waals surface area contributed by atoms with E-state index in [9.17, 15) is 22.4 Å². The van der Waals surface area contributed by atoms with Gasteiger partial charge in [-0.1, -0.05) is 72.9 Å². The van der Waals surface area contributed by atoms with E-state index < -0.39 is 40.2 Å². The second-order valence-corrected chi connectivity index (χ2v) is 13.7. The number of amides is 2. The van der Waals surface area contributed by atoms with Crippen molar-refractivity contribution in [2.24, 2.45) is 0 Å². The number of nitrogens with zero attached hydrogens (tertiary/aromatic N) is 2. The molecule has 0 aliphatic rings. The molecular formula is C36H38Cl2FN3O5S. The first-order valence-corrected chi connectivity index (χ1v) is 17.8. The Balaban J connectivity index is 1.80. The van der Waals surface area contributed by atoms with Crippen molar-refractivity contribution in [3.8, 4) is 5.75 Å². The number of anilines is 1. The minimum absolute atomic E-state index is 0.0649. The van der Waals surface area contributed by atoms with Crippen molar-refractivity contribution in [2.75, 3.05) is 24.0 Å². The average Bonchev–Trinajstić information content (AvgIpc) is 3.07. The zero-order chi connectivity index (χ0) is 34.7. The number of ether oxygens (including phenoxy) is 1. The highest BCUT2D eigenvalue weighted by molar-refractivity contribution is 7.92. The van der Waals surface area contributed by atoms with E-state index in [1.807, 2.05) is 44.2 Å². The minimum atomic E-state index is -4.37. The first kappa shape index (κ1) is 36.7. The van der Waals surface area contributed by atoms with Gasteiger partial charge in [0.05, 0.1) is 17.2 Å². The number of benzene rings is 4. The summed E-state index contributed by atoms with van der Waals surface area (Å²) >= 11 is 12.7. The third-order valence-electron chi connectivity index (χ3n) is 7.57. The van der Waals surface area contributed by atoms with Gasteiger partial charge in [0, 0.05) is 29.6 Å². The lowest BCUT2D eigenvalue weighted by atomic mass is 10.0. The van der Waals surface area contributed by atoms with Gasteiger partial charge in [-0.2, -0.15) is 0 Å². The number of carbonyl (C=O) groups is 2. The number of hydrogen-bond acceptors (Lipinski definition) is 5. The molecule has 0 radical (unpaired) electrons. The van der Waals surface area contributed by atoms with Crippen LogP contribution in [0.25, 0.3) is 0 Å². The SMILES string of the molecule is CCCCNC(=O)[C@@H](Cc1ccccc1)N(Cc1ccc(Cl)cc1Cl)C(=O)CN(c1ccc(F)cc1)S(=O)(=O)c1ccc(OCC)cc1. The Morgan fingerprint density at radius 2 is 1.60 bits per heavy atom. The Morgan fingerprint density at radius 3 is 2.23 bits per heavy atom. The van der Waals surface area contributed by atoms with Crippen LogP contribution in [-0.4, -0.2) is 50.9 Å². The number of halogens is 3. The number of sulfonamides is 1. The van der Waals surface area contributed by atoms with Crippen LogP contribution in [0.15, 0.2) is 102 Å². The Bertz CT molecular complexity index is 1780. The van der Waals surface area contributed by atoms with Gasteiger partial charge >= 0.3 is 0 Å². The summed E-state index contributed by atoms with van der Waals surface area (Å²) in [5.74, 6) is -1.17. The maximum Gasteiger partial charge on any atom is 0.264 e. The van der Waals surface area contributed by atoms with E-state index in [0.29, 0.717) is 29.5 Å². The Labute approximate surface area is 291 Å². The van der Waals surface area contributed by atoms with Gasteiger partial charge in [0.15, 0.2) is 0 Å². The lowest BCUT2D eigenvalue weighted by Gasteiger charge is -2.34. The van der Waals surface area contributed by atoms with Crippen LogP contribution in [-0.2, 0) is 32.6 Å². The smallest absolute Gasteiger partial charge is 0.264 e. The van der Waals surface area contributed by atoms with Crippen LogP contribution in [0.2, 0.25) is 10.0 Å². The van der Waals surface area contributed by atoms with Crippen LogP contribution >= 0.6 is 23.2 Å². The molecule has 254 valence electrons. The zero-order valence-corrected chi connectivity index (χ0v) is 29.1. The van der Waals surface area contributed by atoms with Gasteiger partial charge in [0.2, 0.25) is 11.8 Å². The fraction of sp³-hybridized carbons (Fsp3) is 0.278. The molecule has 0 heterocycles. The molecule has 4 aromatic carbocycles. The average molecular weight is 715 g/mol. The van der Waals surface area contributed by atoms with E-state index in [0.717, 1.165) is 34.8 Å². The summed E-state index contributed by atoms with van der Waals surface area (Å²) in [6.07, 6.45) is 1.74. The molecule has 8 nitrogen and oxygen atoms in total. The lowest BCUT2D eigenvalue weighted by molar-refractivity contribution is -0.140. The summed E-state index contributed by atoms with van der Waals surface area (Å²) in [4.78, 5) is 29.6. The summed E-state index contributed by atoms with van der Waals surface area (Å²) in [7, 11) is -4.37. The highest BCUT2D eigenvalue weighted by Gasteiger charge is 2.35. The largest absolute Gasteiger partial charge is 0.494 e. The Hall–Kier alpha value is -4.12. The topological polar surface area (TPSA) is 96.0 Å². The maximum absolute atomic E-state index is 14.5. The predicted molar refractivity (Wildman–Crippen MR) is 187 cm³/mol. The lowest BCUT2D eigenvalue weighted by Crippen LogP contribution is -2.53. The zero-order valence-electron chi connectivity index (χ0n) is 26.7. The molecule has 0 aliphatic carbocycles. The Kier molecular flexibility index (Phi) is 13.3. The molecule has 4 aromatic rings. The second-order valence-electron chi connectivity index (χ2n) is 11.0. The van der Waals surface area contributed by atoms with Crippen molar-refractivity contribution in [3.05, 3.63) is 124 Å². The molecule has 1 N–H and O–H groups in total. The second kappa shape index (κ2) is 17.3. The number of rotatable bonds is 16. The monoisotopic (exact) mass is 713 g/mol. The predicted octanol–water partition coefficient (Wildman–Crippen LogP) is 7.28. The fourth-order valence-electron chi connectivity index (χ4n) is 5.03. The molecule has 0 bridgehead atoms. The summed E-state index contributed by atoms with van der Waals surface area (Å²) in [6.45, 7) is 3.80. The van der Waals surface area contributed by atoms with E-state index >= 15 is 0 Å². The molecule has 12 heteroatoms. The summed E-state index contributed by atoms with van der Waals surface area (Å²) in [5.41, 5.74) is 1.37. The van der Waals surface area contributed by atoms with Gasteiger partial charge in [-0.3, -0.25) is 13.9 Å². The van der Waals surface area contributed by atoms with Crippen LogP contribution < -0.4 is 14.4 Å². The maximum atomic E-state index is 14.5. The molecule has 4 rings (SSSR count). The molecule has 0 aliphatic heterocycles. The quantitative estimate of drug-likeness (QED) is 0.123. The first-order valence-electron chi connectivity index (χ1n) is 15.6. The van der Waals surface area contributed by atoms with E-state index in [1.54, 1.807) is 12.1 Å². The molecule has 0 unspecified atom stereocenters. The first-order chi connectivity index (χ1) is 23.0. The number of unbranched alkanes of at least 4 members (excludes halogenated alkanes) is 1. The van der Waals surface area contributed by atoms with Crippen LogP contribution in [0.4, 0.5) is 10.1 Å². The van der Waals surface area contributed by atoms with E-state index in [-0.39, 0.29) is 28.6 Å². The van der Waals surface area contributed by atoms with Crippen molar-refractivity contribution >= 4 is 50.7 Å². The van der Waals surface area contributed by atoms with Gasteiger partial charge in [-0.15, -0.1) is 0 Å². The van der Waals surface area contributed by atoms with Crippen LogP contribution in [0.5, 0.6) is 5.75 Å². The molecule has 0 saturated heterocycles. The number of hydrogen-bond donors (Lipinski definition) is 1. The van der Waals surface area contributed by atoms with Gasteiger partial charge in [-0.05, 0) is 85.1 Å². The van der Waals surface area contributed by atoms with Gasteiger partial charge in [0.1, 0.15) is 24.2 Å². The van der Waals surface area contributed by atoms with E-state index in [2.05, 4.69) is 5.32 Å². The molecule has 0 aromatic heterocycles. The van der Waals surface area contributed by atoms with Crippen LogP contribution in [0.3, 0.4) is 0 Å². The summed E-state index contributed by atoms with van der Waals surface area (Å²) in [5, 5.41) is 3.61. The van der Waals surface area contributed by atoms with Gasteiger partial charge in [-0.25, -0.2) is 12.8 Å². The molecule has 0 saturated carbocycles. The van der Waals surface area contributed by atoms with Gasteiger partial charge in [0.25, 0.3) is 10.0 Å². The minimum Gasteiger partial charge on any atom is -0.494 e. The van der Waals surface area contributed by atoms with Crippen molar-refractivity contribution in [1.29, 1.82) is 0 Å². The molecule has 0 spiro atoms. The van der Waals surface area contributed by atoms with E-state index in [1.165, 1.54) is 47.4 Å². The van der Waals surface area contributed by atoms with Gasteiger partial charge < -0.3 is 15.0 Å². The van der Waals surface area contributed by atoms with Crippen molar-refractivity contribution in [3.63, 3.8) is 0 Å². The highest BCUT2D eigenvalue weighted by Crippen LogP contribution is 2.28. The number of carbonyl (C=O) groups excluding carboxylic acids is 2. The van der Waals surface area contributed by atoms with Crippen LogP contribution in [0, 0.1) is 5.82 Å². The molecular weight excluding hydrogens is 676 g/mol. The molecule has 2 amide bonds. The van der Waals surface area contributed by atoms with E-state index in [4.69, 9.17) is 27.9 Å². The Morgan fingerprint density at radius 1 is 0.917 bits per heavy atom. The standard InChI is InChI=1S/C36H38Cl2FN3O5S/c1-3-5-21-40-36(44)34(22-26-9-7-6-8-10-26)41(24-27-11-12-28(37)23-33(27)38)35(43)25-42(30-15-13-29(39)14-16-30)48(45,46)32-19-17-31(18-20-32)47-4-2/h6-20,23,34H,3-5,21-22,24-25H2,1-2H3,(H,40,44)/t34-/m1/s1. The van der Waals surface area contributed by atoms with Crippen LogP contribution in [0.1, 0.15) is 37.8 Å². The van der Waals surface area contributed by atoms with Crippen molar-refractivity contribution < 1.29 is 27.1 Å². The normalized spacial score (nSPS) is 11.9. The third kappa shape index (κ3) is 9.71.